The molecule has 17 heavy (non-hydrogen) atoms. The van der Waals surface area contributed by atoms with Crippen molar-refractivity contribution in [2.75, 3.05) is 0 Å². The van der Waals surface area contributed by atoms with E-state index in [1.165, 1.54) is 27.7 Å². The molecule has 0 aliphatic carbocycles. The van der Waals surface area contributed by atoms with Crippen molar-refractivity contribution in [3.8, 4) is 0 Å². The molecule has 0 unspecified atom stereocenters. The van der Waals surface area contributed by atoms with Gasteiger partial charge in [0.1, 0.15) is 0 Å². The molecule has 102 valence electrons. The Morgan fingerprint density at radius 3 is 1.00 bits per heavy atom. The summed E-state index contributed by atoms with van der Waals surface area (Å²) in [4.78, 5) is 20.0. The molecule has 0 aromatic rings. The maximum absolute atomic E-state index is 9.98. The predicted octanol–water partition coefficient (Wildman–Crippen LogP) is 1.45. The number of carbonyl (C=O) groups excluding carboxylic acids is 2. The van der Waals surface area contributed by atoms with Gasteiger partial charge in [-0.25, -0.2) is 0 Å². The number of hydrogen-bond donors (Lipinski definition) is 0. The van der Waals surface area contributed by atoms with Crippen LogP contribution >= 0.6 is 37.2 Å². The van der Waals surface area contributed by atoms with Crippen molar-refractivity contribution in [1.29, 1.82) is 0 Å². The van der Waals surface area contributed by atoms with Gasteiger partial charge in [0.25, 0.3) is 0 Å². The summed E-state index contributed by atoms with van der Waals surface area (Å²) >= 11 is 4.24. The van der Waals surface area contributed by atoms with Crippen LogP contribution in [0.1, 0.15) is 27.7 Å². The second kappa shape index (κ2) is 18.9. The average Bonchev–Trinajstić information content (AvgIpc) is 2.03. The predicted molar refractivity (Wildman–Crippen MR) is 76.9 cm³/mol. The Balaban J connectivity index is -0.0000000823. The fourth-order valence-electron chi connectivity index (χ4n) is 0.572. The van der Waals surface area contributed by atoms with Crippen LogP contribution in [0.5, 0.6) is 0 Å². The van der Waals surface area contributed by atoms with E-state index in [-0.39, 0.29) is 44.2 Å². The second-order valence-corrected chi connectivity index (χ2v) is 2.73. The first-order valence-corrected chi connectivity index (χ1v) is 10.4. The number of hydrogen-bond acceptors (Lipinski definition) is 4. The van der Waals surface area contributed by atoms with Gasteiger partial charge in [-0.15, -0.1) is 11.5 Å². The third-order valence-corrected chi connectivity index (χ3v) is 0.813. The van der Waals surface area contributed by atoms with Gasteiger partial charge in [-0.1, -0.05) is 13.8 Å². The summed E-state index contributed by atoms with van der Waals surface area (Å²) in [5.41, 5.74) is 0. The molecule has 0 spiro atoms. The Hall–Kier alpha value is 0.568. The summed E-state index contributed by atoms with van der Waals surface area (Å²) in [6, 6.07) is 0. The van der Waals surface area contributed by atoms with Gasteiger partial charge in [-0.2, -0.15) is 0 Å². The van der Waals surface area contributed by atoms with Gasteiger partial charge in [-0.3, -0.25) is 9.59 Å². The Kier molecular flexibility index (Phi) is 29.2. The van der Waals surface area contributed by atoms with Crippen molar-refractivity contribution in [1.82, 2.24) is 0 Å². The van der Waals surface area contributed by atoms with Crippen molar-refractivity contribution in [2.24, 2.45) is 0 Å². The maximum atomic E-state index is 9.98. The smallest absolute Gasteiger partial charge is 0.876 e. The molecule has 0 saturated carbocycles. The molecule has 0 rings (SSSR count). The molecule has 0 saturated heterocycles. The van der Waals surface area contributed by atoms with E-state index in [1.54, 1.807) is 0 Å². The van der Waals surface area contributed by atoms with E-state index in [0.717, 1.165) is 12.2 Å². The van der Waals surface area contributed by atoms with Crippen molar-refractivity contribution in [3.63, 3.8) is 0 Å². The third kappa shape index (κ3) is 47.9. The van der Waals surface area contributed by atoms with E-state index in [1.807, 2.05) is 0 Å². The normalized spacial score (nSPS) is 9.76. The molecule has 0 atom stereocenters. The van der Waals surface area contributed by atoms with Crippen molar-refractivity contribution < 1.29 is 40.9 Å². The zero-order valence-electron chi connectivity index (χ0n) is 9.86. The van der Waals surface area contributed by atoms with Gasteiger partial charge < -0.3 is 10.2 Å². The van der Waals surface area contributed by atoms with Gasteiger partial charge in [-0.05, 0) is 26.0 Å². The van der Waals surface area contributed by atoms with Crippen LogP contribution in [0, 0.1) is 0 Å². The number of ketones is 2. The molecule has 0 amide bonds. The molecule has 0 aromatic heterocycles. The molecule has 7 heteroatoms. The fourth-order valence-corrected chi connectivity index (χ4v) is 0.572. The SMILES string of the molecule is CC(=O)C=C(C)[O-].CC(=O)C=C(C)[O-].II.[Pt+2]. The van der Waals surface area contributed by atoms with Gasteiger partial charge >= 0.3 is 21.1 Å². The molecular weight excluding hydrogens is 633 g/mol. The summed E-state index contributed by atoms with van der Waals surface area (Å²) in [5.74, 6) is -0.750. The molecule has 4 nitrogen and oxygen atoms in total. The number of allylic oxidation sites excluding steroid dienone is 4. The zero-order valence-corrected chi connectivity index (χ0v) is 16.4. The number of rotatable bonds is 2. The first-order valence-electron chi connectivity index (χ1n) is 4.11. The average molecular weight is 647 g/mol. The molecular formula is C10H14I2O4Pt. The van der Waals surface area contributed by atoms with E-state index in [2.05, 4.69) is 37.2 Å². The van der Waals surface area contributed by atoms with E-state index in [4.69, 9.17) is 0 Å². The Labute approximate surface area is 140 Å². The minimum atomic E-state index is -0.187. The van der Waals surface area contributed by atoms with E-state index < -0.39 is 0 Å². The molecule has 0 N–H and O–H groups in total. The van der Waals surface area contributed by atoms with Crippen LogP contribution in [0.3, 0.4) is 0 Å². The molecule has 0 radical (unpaired) electrons. The van der Waals surface area contributed by atoms with Crippen LogP contribution in [0.15, 0.2) is 23.7 Å². The first kappa shape index (κ1) is 26.2. The molecule has 0 fully saturated rings. The summed E-state index contributed by atoms with van der Waals surface area (Å²) in [6.45, 7) is 5.39. The Morgan fingerprint density at radius 1 is 0.824 bits per heavy atom. The zero-order chi connectivity index (χ0) is 13.7. The molecule has 0 bridgehead atoms. The quantitative estimate of drug-likeness (QED) is 0.259. The van der Waals surface area contributed by atoms with Gasteiger partial charge in [0.05, 0.1) is 0 Å². The Bertz CT molecular complexity index is 239. The molecule has 0 aromatic carbocycles. The van der Waals surface area contributed by atoms with Crippen molar-refractivity contribution >= 4 is 48.8 Å². The third-order valence-electron chi connectivity index (χ3n) is 0.813. The summed E-state index contributed by atoms with van der Waals surface area (Å²) in [5, 5.41) is 20.0. The molecule has 0 aliphatic heterocycles. The number of carbonyl (C=O) groups is 2. The largest absolute Gasteiger partial charge is 2.00 e. The fraction of sp³-hybridized carbons (Fsp3) is 0.400. The molecule has 0 aliphatic rings. The van der Waals surface area contributed by atoms with E-state index in [0.29, 0.717) is 0 Å². The van der Waals surface area contributed by atoms with Gasteiger partial charge in [0.15, 0.2) is 11.6 Å². The van der Waals surface area contributed by atoms with Crippen LogP contribution in [0.4, 0.5) is 0 Å². The van der Waals surface area contributed by atoms with Crippen LogP contribution in [-0.2, 0) is 30.7 Å². The second-order valence-electron chi connectivity index (χ2n) is 2.73. The minimum absolute atomic E-state index is 0. The summed E-state index contributed by atoms with van der Waals surface area (Å²) in [6.07, 6.45) is 2.11. The topological polar surface area (TPSA) is 80.3 Å². The summed E-state index contributed by atoms with van der Waals surface area (Å²) < 4.78 is 0. The molecule has 0 heterocycles. The van der Waals surface area contributed by atoms with Crippen LogP contribution < -0.4 is 10.2 Å². The van der Waals surface area contributed by atoms with Crippen molar-refractivity contribution in [3.05, 3.63) is 23.7 Å². The van der Waals surface area contributed by atoms with E-state index in [9.17, 15) is 19.8 Å². The van der Waals surface area contributed by atoms with Crippen LogP contribution in [0.25, 0.3) is 0 Å². The maximum Gasteiger partial charge on any atom is 2.00 e. The monoisotopic (exact) mass is 647 g/mol. The van der Waals surface area contributed by atoms with E-state index >= 15 is 0 Å². The first-order chi connectivity index (χ1) is 7.25. The van der Waals surface area contributed by atoms with Crippen LogP contribution in [0.2, 0.25) is 0 Å². The van der Waals surface area contributed by atoms with Gasteiger partial charge in [0, 0.05) is 37.2 Å². The standard InChI is InChI=1S/2C5H8O2.I2.Pt/c2*1-4(6)3-5(2)7;1-2;/h2*3,6H,1-2H3;;/q;;;+2/p-2. The summed E-state index contributed by atoms with van der Waals surface area (Å²) in [7, 11) is 0. The van der Waals surface area contributed by atoms with Gasteiger partial charge in [0.2, 0.25) is 0 Å². The minimum Gasteiger partial charge on any atom is -0.876 e. The number of halogens is 2. The Morgan fingerprint density at radius 2 is 1.00 bits per heavy atom. The van der Waals surface area contributed by atoms with Crippen molar-refractivity contribution in [2.45, 2.75) is 27.7 Å². The van der Waals surface area contributed by atoms with Crippen LogP contribution in [-0.4, -0.2) is 11.6 Å².